The number of fused-ring (bicyclic) bond motifs is 1. The Bertz CT molecular complexity index is 816. The summed E-state index contributed by atoms with van der Waals surface area (Å²) < 4.78 is 1.72. The van der Waals surface area contributed by atoms with Gasteiger partial charge in [-0.2, -0.15) is 0 Å². The van der Waals surface area contributed by atoms with Crippen LogP contribution in [-0.4, -0.2) is 19.0 Å². The Balaban J connectivity index is 2.12. The molecule has 0 saturated heterocycles. The lowest BCUT2D eigenvalue weighted by Crippen LogP contribution is -1.98. The van der Waals surface area contributed by atoms with E-state index in [2.05, 4.69) is 4.98 Å². The highest BCUT2D eigenvalue weighted by Gasteiger charge is 2.17. The van der Waals surface area contributed by atoms with Gasteiger partial charge in [-0.25, -0.2) is 4.98 Å². The molecule has 0 aliphatic heterocycles. The Kier molecular flexibility index (Phi) is 3.59. The highest BCUT2D eigenvalue weighted by Crippen LogP contribution is 2.33. The van der Waals surface area contributed by atoms with Crippen LogP contribution < -0.4 is 0 Å². The summed E-state index contributed by atoms with van der Waals surface area (Å²) in [6, 6.07) is 13.9. The second-order valence-electron chi connectivity index (χ2n) is 4.29. The van der Waals surface area contributed by atoms with Gasteiger partial charge < -0.3 is 5.11 Å². The molecule has 7 heteroatoms. The van der Waals surface area contributed by atoms with Gasteiger partial charge in [-0.3, -0.25) is 14.1 Å². The molecule has 0 saturated carbocycles. The van der Waals surface area contributed by atoms with E-state index in [0.29, 0.717) is 10.7 Å². The fraction of sp³-hybridized carbons (Fsp3) is 0.0714. The SMILES string of the molecule is O=[N+]([O-])c1ccccc1Sn1c(CO)nc2ccccc21. The number of hydrogen-bond donors (Lipinski definition) is 1. The van der Waals surface area contributed by atoms with Crippen LogP contribution in [0.4, 0.5) is 5.69 Å². The third-order valence-electron chi connectivity index (χ3n) is 2.98. The number of aliphatic hydroxyl groups excluding tert-OH is 1. The summed E-state index contributed by atoms with van der Waals surface area (Å²) in [5, 5.41) is 20.5. The maximum atomic E-state index is 11.1. The molecule has 1 N–H and O–H groups in total. The molecule has 106 valence electrons. The van der Waals surface area contributed by atoms with E-state index in [1.54, 1.807) is 22.2 Å². The summed E-state index contributed by atoms with van der Waals surface area (Å²) in [5.74, 6) is 0.458. The zero-order chi connectivity index (χ0) is 14.8. The van der Waals surface area contributed by atoms with Crippen LogP contribution in [0.5, 0.6) is 0 Å². The van der Waals surface area contributed by atoms with Gasteiger partial charge in [0.05, 0.1) is 16.0 Å². The van der Waals surface area contributed by atoms with Crippen LogP contribution in [0.1, 0.15) is 5.82 Å². The molecule has 3 aromatic rings. The van der Waals surface area contributed by atoms with Crippen molar-refractivity contribution in [2.75, 3.05) is 0 Å². The molecule has 21 heavy (non-hydrogen) atoms. The third kappa shape index (κ3) is 2.48. The molecule has 0 bridgehead atoms. The van der Waals surface area contributed by atoms with Crippen LogP contribution in [0.15, 0.2) is 53.4 Å². The molecule has 0 aliphatic rings. The van der Waals surface area contributed by atoms with Gasteiger partial charge in [0, 0.05) is 18.0 Å². The normalized spacial score (nSPS) is 10.9. The van der Waals surface area contributed by atoms with Crippen molar-refractivity contribution in [3.63, 3.8) is 0 Å². The monoisotopic (exact) mass is 301 g/mol. The smallest absolute Gasteiger partial charge is 0.284 e. The molecule has 3 rings (SSSR count). The number of rotatable bonds is 4. The van der Waals surface area contributed by atoms with E-state index in [9.17, 15) is 15.2 Å². The Morgan fingerprint density at radius 1 is 1.19 bits per heavy atom. The van der Waals surface area contributed by atoms with Crippen molar-refractivity contribution in [1.29, 1.82) is 0 Å². The second kappa shape index (κ2) is 5.55. The summed E-state index contributed by atoms with van der Waals surface area (Å²) in [6.07, 6.45) is 0. The maximum Gasteiger partial charge on any atom is 0.284 e. The predicted molar refractivity (Wildman–Crippen MR) is 80.0 cm³/mol. The van der Waals surface area contributed by atoms with E-state index >= 15 is 0 Å². The Hall–Kier alpha value is -2.38. The lowest BCUT2D eigenvalue weighted by Gasteiger charge is -2.07. The van der Waals surface area contributed by atoms with Crippen molar-refractivity contribution in [1.82, 2.24) is 8.96 Å². The Morgan fingerprint density at radius 2 is 1.90 bits per heavy atom. The van der Waals surface area contributed by atoms with Crippen LogP contribution >= 0.6 is 11.9 Å². The Labute approximate surface area is 124 Å². The molecule has 0 amide bonds. The average molecular weight is 301 g/mol. The molecule has 1 aromatic heterocycles. The van der Waals surface area contributed by atoms with Gasteiger partial charge >= 0.3 is 0 Å². The summed E-state index contributed by atoms with van der Waals surface area (Å²) in [5.41, 5.74) is 1.58. The van der Waals surface area contributed by atoms with E-state index in [0.717, 1.165) is 11.0 Å². The van der Waals surface area contributed by atoms with E-state index in [1.165, 1.54) is 18.0 Å². The molecule has 0 radical (unpaired) electrons. The van der Waals surface area contributed by atoms with Crippen LogP contribution in [0, 0.1) is 10.1 Å². The first kappa shape index (κ1) is 13.6. The molecule has 0 atom stereocenters. The lowest BCUT2D eigenvalue weighted by molar-refractivity contribution is -0.387. The maximum absolute atomic E-state index is 11.1. The molecule has 6 nitrogen and oxygen atoms in total. The largest absolute Gasteiger partial charge is 0.388 e. The van der Waals surface area contributed by atoms with Gasteiger partial charge in [0.2, 0.25) is 0 Å². The first-order chi connectivity index (χ1) is 10.2. The molecule has 0 fully saturated rings. The first-order valence-corrected chi connectivity index (χ1v) is 6.97. The molecule has 1 heterocycles. The zero-order valence-electron chi connectivity index (χ0n) is 10.8. The summed E-state index contributed by atoms with van der Waals surface area (Å²) in [4.78, 5) is 15.5. The molecular formula is C14H11N3O3S. The number of nitro groups is 1. The fourth-order valence-corrected chi connectivity index (χ4v) is 3.07. The summed E-state index contributed by atoms with van der Waals surface area (Å²) >= 11 is 1.18. The number of imidazole rings is 1. The number of nitrogens with zero attached hydrogens (tertiary/aromatic N) is 3. The van der Waals surface area contributed by atoms with Gasteiger partial charge in [-0.15, -0.1) is 0 Å². The van der Waals surface area contributed by atoms with Gasteiger partial charge in [0.15, 0.2) is 0 Å². The minimum absolute atomic E-state index is 0.0316. The minimum Gasteiger partial charge on any atom is -0.388 e. The summed E-state index contributed by atoms with van der Waals surface area (Å²) in [6.45, 7) is -0.234. The number of aromatic nitrogens is 2. The molecule has 0 aliphatic carbocycles. The van der Waals surface area contributed by atoms with Gasteiger partial charge in [0.1, 0.15) is 17.3 Å². The first-order valence-electron chi connectivity index (χ1n) is 6.19. The molecule has 0 unspecified atom stereocenters. The lowest BCUT2D eigenvalue weighted by atomic mass is 10.3. The van der Waals surface area contributed by atoms with Crippen molar-refractivity contribution >= 4 is 28.7 Å². The van der Waals surface area contributed by atoms with Crippen LogP contribution in [-0.2, 0) is 6.61 Å². The highest BCUT2D eigenvalue weighted by atomic mass is 32.2. The minimum atomic E-state index is -0.417. The van der Waals surface area contributed by atoms with Crippen LogP contribution in [0.3, 0.4) is 0 Å². The van der Waals surface area contributed by atoms with E-state index in [1.807, 2.05) is 24.3 Å². The quantitative estimate of drug-likeness (QED) is 0.592. The number of nitro benzene ring substituents is 1. The van der Waals surface area contributed by atoms with Crippen molar-refractivity contribution < 1.29 is 10.0 Å². The van der Waals surface area contributed by atoms with Crippen molar-refractivity contribution in [3.8, 4) is 0 Å². The highest BCUT2D eigenvalue weighted by molar-refractivity contribution is 7.98. The zero-order valence-corrected chi connectivity index (χ0v) is 11.7. The number of aliphatic hydroxyl groups is 1. The van der Waals surface area contributed by atoms with E-state index in [4.69, 9.17) is 0 Å². The number of hydrogen-bond acceptors (Lipinski definition) is 5. The second-order valence-corrected chi connectivity index (χ2v) is 5.27. The molecule has 2 aromatic carbocycles. The van der Waals surface area contributed by atoms with Crippen LogP contribution in [0.25, 0.3) is 11.0 Å². The number of para-hydroxylation sites is 3. The van der Waals surface area contributed by atoms with E-state index in [-0.39, 0.29) is 12.3 Å². The standard InChI is InChI=1S/C14H11N3O3S/c18-9-14-15-10-5-1-2-6-11(10)16(14)21-13-8-4-3-7-12(13)17(19)20/h1-8,18H,9H2. The van der Waals surface area contributed by atoms with Crippen molar-refractivity contribution in [3.05, 3.63) is 64.5 Å². The summed E-state index contributed by atoms with van der Waals surface area (Å²) in [7, 11) is 0. The predicted octanol–water partition coefficient (Wildman–Crippen LogP) is 2.99. The van der Waals surface area contributed by atoms with Gasteiger partial charge in [0.25, 0.3) is 5.69 Å². The molecular weight excluding hydrogens is 290 g/mol. The van der Waals surface area contributed by atoms with Crippen LogP contribution in [0.2, 0.25) is 0 Å². The van der Waals surface area contributed by atoms with E-state index < -0.39 is 4.92 Å². The third-order valence-corrected chi connectivity index (χ3v) is 4.11. The fourth-order valence-electron chi connectivity index (χ4n) is 2.04. The topological polar surface area (TPSA) is 81.2 Å². The Morgan fingerprint density at radius 3 is 2.67 bits per heavy atom. The average Bonchev–Trinajstić information content (AvgIpc) is 2.86. The molecule has 0 spiro atoms. The van der Waals surface area contributed by atoms with Crippen molar-refractivity contribution in [2.24, 2.45) is 0 Å². The number of benzene rings is 2. The van der Waals surface area contributed by atoms with Crippen molar-refractivity contribution in [2.45, 2.75) is 11.5 Å². The van der Waals surface area contributed by atoms with Gasteiger partial charge in [-0.1, -0.05) is 24.3 Å². The van der Waals surface area contributed by atoms with Gasteiger partial charge in [-0.05, 0) is 18.2 Å².